The number of hydrogen-bond donors (Lipinski definition) is 2. The van der Waals surface area contributed by atoms with E-state index in [-0.39, 0.29) is 6.04 Å². The van der Waals surface area contributed by atoms with E-state index in [1.165, 1.54) is 0 Å². The van der Waals surface area contributed by atoms with Gasteiger partial charge in [-0.1, -0.05) is 42.5 Å². The number of aliphatic hydroxyl groups is 1. The molecule has 4 rings (SSSR count). The van der Waals surface area contributed by atoms with E-state index in [2.05, 4.69) is 4.98 Å². The second-order valence-electron chi connectivity index (χ2n) is 5.63. The number of fused-ring (bicyclic) bond motifs is 2. The van der Waals surface area contributed by atoms with Crippen molar-refractivity contribution in [1.29, 1.82) is 0 Å². The van der Waals surface area contributed by atoms with E-state index >= 15 is 0 Å². The minimum Gasteiger partial charge on any atom is -0.380 e. The van der Waals surface area contributed by atoms with Gasteiger partial charge < -0.3 is 10.8 Å². The van der Waals surface area contributed by atoms with Gasteiger partial charge in [0.2, 0.25) is 0 Å². The molecular weight excluding hydrogens is 260 g/mol. The first-order valence-electron chi connectivity index (χ1n) is 7.12. The van der Waals surface area contributed by atoms with E-state index in [9.17, 15) is 5.11 Å². The zero-order chi connectivity index (χ0) is 14.4. The summed E-state index contributed by atoms with van der Waals surface area (Å²) in [4.78, 5) is 4.38. The maximum atomic E-state index is 11.4. The van der Waals surface area contributed by atoms with Crippen LogP contribution in [0.25, 0.3) is 10.9 Å². The van der Waals surface area contributed by atoms with Crippen molar-refractivity contribution in [1.82, 2.24) is 4.98 Å². The predicted octanol–water partition coefficient (Wildman–Crippen LogP) is 2.87. The summed E-state index contributed by atoms with van der Waals surface area (Å²) < 4.78 is 0. The lowest BCUT2D eigenvalue weighted by Gasteiger charge is -2.26. The molecule has 3 heteroatoms. The van der Waals surface area contributed by atoms with Crippen molar-refractivity contribution in [3.8, 4) is 0 Å². The summed E-state index contributed by atoms with van der Waals surface area (Å²) in [6.45, 7) is 0. The van der Waals surface area contributed by atoms with Crippen LogP contribution in [0.2, 0.25) is 0 Å². The molecule has 2 unspecified atom stereocenters. The number of aromatic nitrogens is 1. The zero-order valence-electron chi connectivity index (χ0n) is 11.5. The predicted molar refractivity (Wildman–Crippen MR) is 82.7 cm³/mol. The Hall–Kier alpha value is -2.23. The van der Waals surface area contributed by atoms with Gasteiger partial charge in [0.1, 0.15) is 5.60 Å². The lowest BCUT2D eigenvalue weighted by molar-refractivity contribution is 0.0791. The molecule has 1 aromatic heterocycles. The van der Waals surface area contributed by atoms with Gasteiger partial charge in [-0.15, -0.1) is 0 Å². The highest BCUT2D eigenvalue weighted by Gasteiger charge is 2.42. The molecule has 104 valence electrons. The second kappa shape index (κ2) is 4.38. The molecule has 3 N–H and O–H groups in total. The summed E-state index contributed by atoms with van der Waals surface area (Å²) >= 11 is 0. The molecule has 0 amide bonds. The van der Waals surface area contributed by atoms with Gasteiger partial charge in [-0.25, -0.2) is 0 Å². The van der Waals surface area contributed by atoms with Crippen LogP contribution in [0.1, 0.15) is 29.2 Å². The number of nitrogens with zero attached hydrogens (tertiary/aromatic N) is 1. The largest absolute Gasteiger partial charge is 0.380 e. The van der Waals surface area contributed by atoms with Crippen molar-refractivity contribution in [2.45, 2.75) is 18.1 Å². The highest BCUT2D eigenvalue weighted by molar-refractivity contribution is 5.83. The summed E-state index contributed by atoms with van der Waals surface area (Å²) in [7, 11) is 0. The molecule has 3 nitrogen and oxygen atoms in total. The Bertz CT molecular complexity index is 825. The molecule has 0 spiro atoms. The molecule has 0 fully saturated rings. The highest BCUT2D eigenvalue weighted by Crippen LogP contribution is 2.47. The van der Waals surface area contributed by atoms with Crippen LogP contribution >= 0.6 is 0 Å². The fourth-order valence-corrected chi connectivity index (χ4v) is 3.45. The summed E-state index contributed by atoms with van der Waals surface area (Å²) in [5.41, 5.74) is 8.90. The first-order chi connectivity index (χ1) is 10.2. The molecule has 1 heterocycles. The smallest absolute Gasteiger partial charge is 0.117 e. The first-order valence-corrected chi connectivity index (χ1v) is 7.12. The van der Waals surface area contributed by atoms with Crippen LogP contribution in [0.15, 0.2) is 60.8 Å². The van der Waals surface area contributed by atoms with Crippen LogP contribution in [0.4, 0.5) is 0 Å². The molecule has 2 aromatic carbocycles. The summed E-state index contributed by atoms with van der Waals surface area (Å²) in [6.07, 6.45) is 2.27. The van der Waals surface area contributed by atoms with Crippen LogP contribution in [-0.4, -0.2) is 10.1 Å². The van der Waals surface area contributed by atoms with Gasteiger partial charge >= 0.3 is 0 Å². The van der Waals surface area contributed by atoms with Crippen molar-refractivity contribution in [3.05, 3.63) is 77.5 Å². The summed E-state index contributed by atoms with van der Waals surface area (Å²) in [5.74, 6) is 0. The Balaban J connectivity index is 2.01. The third-order valence-corrected chi connectivity index (χ3v) is 4.41. The van der Waals surface area contributed by atoms with Gasteiger partial charge in [0, 0.05) is 24.0 Å². The van der Waals surface area contributed by atoms with Gasteiger partial charge in [0.25, 0.3) is 0 Å². The monoisotopic (exact) mass is 276 g/mol. The first kappa shape index (κ1) is 12.5. The Morgan fingerprint density at radius 2 is 1.81 bits per heavy atom. The average molecular weight is 276 g/mol. The number of hydrogen-bond acceptors (Lipinski definition) is 3. The molecule has 2 atom stereocenters. The lowest BCUT2D eigenvalue weighted by atomic mass is 9.85. The van der Waals surface area contributed by atoms with E-state index < -0.39 is 5.60 Å². The Labute approximate surface area is 123 Å². The number of pyridine rings is 1. The van der Waals surface area contributed by atoms with E-state index in [0.29, 0.717) is 6.42 Å². The molecule has 1 aliphatic rings. The topological polar surface area (TPSA) is 59.1 Å². The van der Waals surface area contributed by atoms with Crippen molar-refractivity contribution in [2.24, 2.45) is 5.73 Å². The third-order valence-electron chi connectivity index (χ3n) is 4.41. The normalized spacial score (nSPS) is 24.2. The Kier molecular flexibility index (Phi) is 2.61. The van der Waals surface area contributed by atoms with Gasteiger partial charge in [0.05, 0.1) is 5.52 Å². The average Bonchev–Trinajstić information content (AvgIpc) is 2.80. The van der Waals surface area contributed by atoms with E-state index in [0.717, 1.165) is 27.6 Å². The number of rotatable bonds is 1. The molecule has 0 bridgehead atoms. The van der Waals surface area contributed by atoms with Crippen LogP contribution in [0.5, 0.6) is 0 Å². The Morgan fingerprint density at radius 1 is 1.00 bits per heavy atom. The maximum Gasteiger partial charge on any atom is 0.117 e. The quantitative estimate of drug-likeness (QED) is 0.718. The molecule has 0 aliphatic heterocycles. The third kappa shape index (κ3) is 1.71. The second-order valence-corrected chi connectivity index (χ2v) is 5.63. The molecule has 1 aliphatic carbocycles. The summed E-state index contributed by atoms with van der Waals surface area (Å²) in [5, 5.41) is 12.4. The minimum atomic E-state index is -1.04. The van der Waals surface area contributed by atoms with Crippen molar-refractivity contribution in [2.75, 3.05) is 0 Å². The Morgan fingerprint density at radius 3 is 2.71 bits per heavy atom. The van der Waals surface area contributed by atoms with Crippen LogP contribution in [0, 0.1) is 0 Å². The van der Waals surface area contributed by atoms with Crippen molar-refractivity contribution in [3.63, 3.8) is 0 Å². The van der Waals surface area contributed by atoms with Gasteiger partial charge in [-0.05, 0) is 28.8 Å². The number of nitrogens with two attached hydrogens (primary N) is 1. The molecule has 3 aromatic rings. The maximum absolute atomic E-state index is 11.4. The van der Waals surface area contributed by atoms with Gasteiger partial charge in [-0.2, -0.15) is 0 Å². The van der Waals surface area contributed by atoms with Crippen LogP contribution in [-0.2, 0) is 5.60 Å². The van der Waals surface area contributed by atoms with Crippen LogP contribution < -0.4 is 5.73 Å². The minimum absolute atomic E-state index is 0.141. The molecule has 0 saturated heterocycles. The standard InChI is InChI=1S/C18H16N2O/c19-16-11-18(21,14-7-2-1-5-12(14)16)15-8-3-9-17-13(15)6-4-10-20-17/h1-10,16,21H,11,19H2. The van der Waals surface area contributed by atoms with E-state index in [1.54, 1.807) is 6.20 Å². The van der Waals surface area contributed by atoms with Crippen molar-refractivity contribution >= 4 is 10.9 Å². The molecule has 21 heavy (non-hydrogen) atoms. The fraction of sp³-hybridized carbons (Fsp3) is 0.167. The zero-order valence-corrected chi connectivity index (χ0v) is 11.5. The fourth-order valence-electron chi connectivity index (χ4n) is 3.45. The van der Waals surface area contributed by atoms with Crippen molar-refractivity contribution < 1.29 is 5.11 Å². The lowest BCUT2D eigenvalue weighted by Crippen LogP contribution is -2.25. The molecular formula is C18H16N2O. The highest BCUT2D eigenvalue weighted by atomic mass is 16.3. The van der Waals surface area contributed by atoms with E-state index in [1.807, 2.05) is 54.6 Å². The van der Waals surface area contributed by atoms with Gasteiger partial charge in [-0.3, -0.25) is 4.98 Å². The SMILES string of the molecule is NC1CC(O)(c2cccc3ncccc23)c2ccccc21. The van der Waals surface area contributed by atoms with Gasteiger partial charge in [0.15, 0.2) is 0 Å². The van der Waals surface area contributed by atoms with E-state index in [4.69, 9.17) is 5.73 Å². The molecule has 0 radical (unpaired) electrons. The molecule has 0 saturated carbocycles. The van der Waals surface area contributed by atoms with Crippen LogP contribution in [0.3, 0.4) is 0 Å². The number of benzene rings is 2. The summed E-state index contributed by atoms with van der Waals surface area (Å²) in [6, 6.07) is 17.5.